The van der Waals surface area contributed by atoms with Crippen molar-refractivity contribution in [3.63, 3.8) is 0 Å². The van der Waals surface area contributed by atoms with Gasteiger partial charge in [-0.1, -0.05) is 0 Å². The van der Waals surface area contributed by atoms with E-state index in [0.29, 0.717) is 5.92 Å². The Morgan fingerprint density at radius 3 is 2.19 bits per heavy atom. The van der Waals surface area contributed by atoms with Crippen LogP contribution in [-0.2, 0) is 23.8 Å². The number of unbranched alkanes of at least 4 members (excludes halogenated alkanes) is 1. The normalized spacial score (nSPS) is 17.3. The SMILES string of the molecule is CCCCc1ccc(C(=O)[NH][Ti]([C]2=C(C)C(C)=C(C)C2C)[SiH](C)C)cc1. The third-order valence-electron chi connectivity index (χ3n) is 5.79. The van der Waals surface area contributed by atoms with E-state index in [-0.39, 0.29) is 5.91 Å². The van der Waals surface area contributed by atoms with Crippen molar-refractivity contribution < 1.29 is 22.2 Å². The van der Waals surface area contributed by atoms with Crippen LogP contribution in [-0.4, -0.2) is 12.6 Å². The van der Waals surface area contributed by atoms with Gasteiger partial charge in [0.25, 0.3) is 0 Å². The molecule has 0 aliphatic heterocycles. The second-order valence-electron chi connectivity index (χ2n) is 7.89. The van der Waals surface area contributed by atoms with E-state index in [4.69, 9.17) is 0 Å². The van der Waals surface area contributed by atoms with Gasteiger partial charge in [-0.2, -0.15) is 0 Å². The van der Waals surface area contributed by atoms with Gasteiger partial charge in [0.15, 0.2) is 0 Å². The standard InChI is InChI=1S/C11H15NO.C9H13.C2H7Si.Ti/c1-2-3-4-9-5-7-10(8-6-9)11(12)13;1-6-5-7(2)9(4)8(6)3;1-3-2;/h5-8H,2-4H2,1H3,(H2,12,13);6H,1-4H3;3H,1-2H3;/q;;;+1/p-1. The van der Waals surface area contributed by atoms with Crippen LogP contribution < -0.4 is 3.80 Å². The van der Waals surface area contributed by atoms with E-state index in [1.807, 2.05) is 12.1 Å². The molecule has 26 heavy (non-hydrogen) atoms. The summed E-state index contributed by atoms with van der Waals surface area (Å²) >= 11 is -1.76. The maximum absolute atomic E-state index is 12.9. The Hall–Kier alpha value is -0.899. The molecule has 1 aliphatic carbocycles. The molecule has 2 rings (SSSR count). The van der Waals surface area contributed by atoms with Gasteiger partial charge in [0.2, 0.25) is 0 Å². The average Bonchev–Trinajstić information content (AvgIpc) is 2.81. The Labute approximate surface area is 167 Å². The van der Waals surface area contributed by atoms with Crippen molar-refractivity contribution in [3.05, 3.63) is 56.0 Å². The van der Waals surface area contributed by atoms with Gasteiger partial charge in [0.05, 0.1) is 0 Å². The predicted molar refractivity (Wildman–Crippen MR) is 112 cm³/mol. The third-order valence-corrected chi connectivity index (χ3v) is 17.2. The summed E-state index contributed by atoms with van der Waals surface area (Å²) < 4.78 is 5.15. The summed E-state index contributed by atoms with van der Waals surface area (Å²) in [6.07, 6.45) is 3.51. The minimum absolute atomic E-state index is 0.137. The average molecular weight is 404 g/mol. The van der Waals surface area contributed by atoms with Gasteiger partial charge < -0.3 is 0 Å². The first kappa shape index (κ1) is 21.4. The molecular formula is C22H34NOSiTi. The molecule has 1 aromatic rings. The molecule has 0 fully saturated rings. The molecule has 0 saturated carbocycles. The van der Waals surface area contributed by atoms with Crippen LogP contribution in [0.25, 0.3) is 0 Å². The molecular weight excluding hydrogens is 370 g/mol. The molecule has 0 saturated heterocycles. The molecule has 1 unspecified atom stereocenters. The van der Waals surface area contributed by atoms with E-state index in [1.54, 1.807) is 3.88 Å². The fourth-order valence-electron chi connectivity index (χ4n) is 3.72. The van der Waals surface area contributed by atoms with Crippen molar-refractivity contribution >= 4 is 12.6 Å². The summed E-state index contributed by atoms with van der Waals surface area (Å²) in [7, 11) is 0. The summed E-state index contributed by atoms with van der Waals surface area (Å²) in [5, 5.41) is 0. The van der Waals surface area contributed by atoms with Crippen LogP contribution in [0.3, 0.4) is 0 Å². The molecule has 141 valence electrons. The fraction of sp³-hybridized carbons (Fsp3) is 0.500. The Morgan fingerprint density at radius 1 is 1.12 bits per heavy atom. The molecule has 0 radical (unpaired) electrons. The van der Waals surface area contributed by atoms with Crippen LogP contribution in [0.1, 0.15) is 63.4 Å². The van der Waals surface area contributed by atoms with Crippen LogP contribution in [0, 0.1) is 5.92 Å². The van der Waals surface area contributed by atoms with Crippen LogP contribution >= 0.6 is 0 Å². The van der Waals surface area contributed by atoms with Gasteiger partial charge in [0, 0.05) is 0 Å². The first-order valence-electron chi connectivity index (χ1n) is 9.93. The van der Waals surface area contributed by atoms with Gasteiger partial charge in [0.1, 0.15) is 0 Å². The fourth-order valence-corrected chi connectivity index (χ4v) is 14.2. The molecule has 1 N–H and O–H groups in total. The van der Waals surface area contributed by atoms with E-state index in [0.717, 1.165) is 12.0 Å². The van der Waals surface area contributed by atoms with Gasteiger partial charge in [-0.25, -0.2) is 0 Å². The second kappa shape index (κ2) is 9.34. The van der Waals surface area contributed by atoms with E-state index in [1.165, 1.54) is 35.1 Å². The molecule has 1 aliphatic rings. The monoisotopic (exact) mass is 404 g/mol. The van der Waals surface area contributed by atoms with Crippen molar-refractivity contribution in [1.29, 1.82) is 0 Å². The Morgan fingerprint density at radius 2 is 1.73 bits per heavy atom. The molecule has 1 atom stereocenters. The molecule has 1 amide bonds. The second-order valence-corrected chi connectivity index (χ2v) is 20.5. The number of allylic oxidation sites excluding steroid dienone is 4. The van der Waals surface area contributed by atoms with Gasteiger partial charge in [-0.15, -0.1) is 0 Å². The zero-order valence-corrected chi connectivity index (χ0v) is 20.2. The number of hydrogen-bond donors (Lipinski definition) is 1. The third kappa shape index (κ3) is 4.68. The van der Waals surface area contributed by atoms with Gasteiger partial charge in [-0.05, 0) is 0 Å². The molecule has 4 heteroatoms. The molecule has 0 heterocycles. The number of benzene rings is 1. The van der Waals surface area contributed by atoms with Crippen LogP contribution in [0.2, 0.25) is 13.1 Å². The minimum atomic E-state index is -1.76. The summed E-state index contributed by atoms with van der Waals surface area (Å²) in [5.41, 5.74) is 6.54. The van der Waals surface area contributed by atoms with E-state index in [2.05, 4.69) is 63.6 Å². The number of amides is 1. The molecule has 0 aromatic heterocycles. The van der Waals surface area contributed by atoms with Crippen molar-refractivity contribution in [3.8, 4) is 0 Å². The van der Waals surface area contributed by atoms with Crippen molar-refractivity contribution in [2.75, 3.05) is 0 Å². The van der Waals surface area contributed by atoms with Crippen molar-refractivity contribution in [2.45, 2.75) is 67.0 Å². The summed E-state index contributed by atoms with van der Waals surface area (Å²) in [4.78, 5) is 12.9. The van der Waals surface area contributed by atoms with E-state index < -0.39 is 24.0 Å². The van der Waals surface area contributed by atoms with E-state index in [9.17, 15) is 4.79 Å². The summed E-state index contributed by atoms with van der Waals surface area (Å²) in [6, 6.07) is 8.25. The predicted octanol–water partition coefficient (Wildman–Crippen LogP) is 5.54. The van der Waals surface area contributed by atoms with Gasteiger partial charge >= 0.3 is 167 Å². The Balaban J connectivity index is 2.17. The Kier molecular flexibility index (Phi) is 7.69. The van der Waals surface area contributed by atoms with Crippen LogP contribution in [0.15, 0.2) is 44.9 Å². The quantitative estimate of drug-likeness (QED) is 0.595. The van der Waals surface area contributed by atoms with Gasteiger partial charge in [-0.3, -0.25) is 0 Å². The number of carbonyl (C=O) groups excluding carboxylic acids is 1. The maximum atomic E-state index is 12.9. The summed E-state index contributed by atoms with van der Waals surface area (Å²) in [6.45, 7) is 15.2. The van der Waals surface area contributed by atoms with Crippen molar-refractivity contribution in [1.82, 2.24) is 3.80 Å². The molecule has 0 bridgehead atoms. The zero-order valence-electron chi connectivity index (χ0n) is 17.5. The topological polar surface area (TPSA) is 29.1 Å². The van der Waals surface area contributed by atoms with Crippen LogP contribution in [0.4, 0.5) is 0 Å². The summed E-state index contributed by atoms with van der Waals surface area (Å²) in [5.74, 6) is 0.648. The number of rotatable bonds is 7. The number of aryl methyl sites for hydroxylation is 1. The zero-order chi connectivity index (χ0) is 19.4. The first-order chi connectivity index (χ1) is 12.3. The van der Waals surface area contributed by atoms with Crippen molar-refractivity contribution in [2.24, 2.45) is 5.92 Å². The molecule has 1 aromatic carbocycles. The molecule has 2 nitrogen and oxygen atoms in total. The van der Waals surface area contributed by atoms with Crippen LogP contribution in [0.5, 0.6) is 0 Å². The number of hydrogen-bond acceptors (Lipinski definition) is 1. The molecule has 0 spiro atoms. The first-order valence-corrected chi connectivity index (χ1v) is 17.1. The number of nitrogens with one attached hydrogen (secondary N) is 1. The Bertz CT molecular complexity index is 718. The number of carbonyl (C=O) groups is 1. The van der Waals surface area contributed by atoms with E-state index >= 15 is 0 Å².